The summed E-state index contributed by atoms with van der Waals surface area (Å²) < 4.78 is 18.5. The molecule has 0 aliphatic carbocycles. The zero-order valence-electron chi connectivity index (χ0n) is 9.92. The molecule has 1 aliphatic rings. The number of hydrogen-bond donors (Lipinski definition) is 1. The maximum absolute atomic E-state index is 13.2. The summed E-state index contributed by atoms with van der Waals surface area (Å²) in [4.78, 5) is 12.5. The van der Waals surface area contributed by atoms with E-state index in [4.69, 9.17) is 22.1 Å². The Labute approximate surface area is 110 Å². The Morgan fingerprint density at radius 2 is 2.11 bits per heavy atom. The molecule has 0 saturated carbocycles. The molecule has 2 rings (SSSR count). The number of Topliss-reactive ketones (excluding diaryl/α,β-unsaturated/α-hetero) is 1. The molecule has 0 bridgehead atoms. The number of carbonyl (C=O) groups is 1. The van der Waals surface area contributed by atoms with Gasteiger partial charge in [0.1, 0.15) is 5.82 Å². The molecule has 1 fully saturated rings. The zero-order valence-corrected chi connectivity index (χ0v) is 10.7. The van der Waals surface area contributed by atoms with Crippen LogP contribution >= 0.6 is 11.6 Å². The highest BCUT2D eigenvalue weighted by Crippen LogP contribution is 2.35. The third-order valence-corrected chi connectivity index (χ3v) is 3.82. The van der Waals surface area contributed by atoms with E-state index < -0.39 is 11.2 Å². The Balaban J connectivity index is 2.36. The highest BCUT2D eigenvalue weighted by molar-refractivity contribution is 6.34. The molecule has 3 nitrogen and oxygen atoms in total. The van der Waals surface area contributed by atoms with E-state index >= 15 is 0 Å². The van der Waals surface area contributed by atoms with Gasteiger partial charge in [0.2, 0.25) is 0 Å². The number of carbonyl (C=O) groups excluding carboxylic acids is 1. The Morgan fingerprint density at radius 3 is 2.72 bits per heavy atom. The molecule has 1 heterocycles. The van der Waals surface area contributed by atoms with E-state index in [2.05, 4.69) is 0 Å². The van der Waals surface area contributed by atoms with Gasteiger partial charge in [-0.1, -0.05) is 11.6 Å². The second-order valence-electron chi connectivity index (χ2n) is 4.55. The van der Waals surface area contributed by atoms with Gasteiger partial charge in [0, 0.05) is 25.3 Å². The van der Waals surface area contributed by atoms with Gasteiger partial charge in [0.25, 0.3) is 0 Å². The molecule has 2 N–H and O–H groups in total. The van der Waals surface area contributed by atoms with E-state index in [0.717, 1.165) is 0 Å². The highest BCUT2D eigenvalue weighted by Gasteiger charge is 2.39. The summed E-state index contributed by atoms with van der Waals surface area (Å²) in [5, 5.41) is 0.265. The largest absolute Gasteiger partial charge is 0.381 e. The minimum Gasteiger partial charge on any atom is -0.381 e. The molecular formula is C13H15ClFNO2. The predicted octanol–water partition coefficient (Wildman–Crippen LogP) is 2.42. The first-order chi connectivity index (χ1) is 8.59. The summed E-state index contributed by atoms with van der Waals surface area (Å²) in [6, 6.07) is 3.81. The summed E-state index contributed by atoms with van der Waals surface area (Å²) in [7, 11) is 0. The molecule has 1 aromatic carbocycles. The first kappa shape index (κ1) is 13.5. The molecule has 0 aromatic heterocycles. The average Bonchev–Trinajstić information content (AvgIpc) is 2.41. The summed E-state index contributed by atoms with van der Waals surface area (Å²) in [5.41, 5.74) is 5.29. The summed E-state index contributed by atoms with van der Waals surface area (Å²) in [6.07, 6.45) is 1.10. The van der Waals surface area contributed by atoms with Crippen LogP contribution in [0.15, 0.2) is 18.2 Å². The van der Waals surface area contributed by atoms with Crippen LogP contribution in [0.3, 0.4) is 0 Å². The number of ether oxygens (including phenoxy) is 1. The fraction of sp³-hybridized carbons (Fsp3) is 0.462. The number of halogens is 2. The maximum atomic E-state index is 13.2. The number of rotatable bonds is 3. The fourth-order valence-electron chi connectivity index (χ4n) is 2.24. The van der Waals surface area contributed by atoms with Crippen molar-refractivity contribution in [2.75, 3.05) is 19.8 Å². The van der Waals surface area contributed by atoms with Gasteiger partial charge in [-0.05, 0) is 31.0 Å². The normalized spacial score (nSPS) is 18.6. The molecule has 1 aromatic rings. The molecule has 98 valence electrons. The SMILES string of the molecule is NCC1(C(=O)c2cc(F)ccc2Cl)CCOCC1. The van der Waals surface area contributed by atoms with Crippen LogP contribution in [0.1, 0.15) is 23.2 Å². The predicted molar refractivity (Wildman–Crippen MR) is 67.3 cm³/mol. The standard InChI is InChI=1S/C13H15ClFNO2/c14-11-2-1-9(15)7-10(11)12(17)13(8-16)3-5-18-6-4-13/h1-2,7H,3-6,8,16H2. The molecule has 1 saturated heterocycles. The lowest BCUT2D eigenvalue weighted by Crippen LogP contribution is -2.43. The van der Waals surface area contributed by atoms with Gasteiger partial charge in [-0.3, -0.25) is 4.79 Å². The molecule has 0 atom stereocenters. The van der Waals surface area contributed by atoms with Crippen LogP contribution < -0.4 is 5.73 Å². The minimum absolute atomic E-state index is 0.183. The Bertz CT molecular complexity index is 458. The van der Waals surface area contributed by atoms with Crippen molar-refractivity contribution in [1.82, 2.24) is 0 Å². The monoisotopic (exact) mass is 271 g/mol. The van der Waals surface area contributed by atoms with E-state index in [-0.39, 0.29) is 22.9 Å². The molecule has 18 heavy (non-hydrogen) atoms. The first-order valence-corrected chi connectivity index (χ1v) is 6.24. The van der Waals surface area contributed by atoms with Gasteiger partial charge in [0.15, 0.2) is 5.78 Å². The lowest BCUT2D eigenvalue weighted by molar-refractivity contribution is 0.0200. The van der Waals surface area contributed by atoms with Gasteiger partial charge in [0.05, 0.1) is 10.4 Å². The van der Waals surface area contributed by atoms with Crippen molar-refractivity contribution >= 4 is 17.4 Å². The van der Waals surface area contributed by atoms with Crippen LogP contribution in [0.4, 0.5) is 4.39 Å². The molecule has 0 unspecified atom stereocenters. The van der Waals surface area contributed by atoms with Crippen molar-refractivity contribution in [3.63, 3.8) is 0 Å². The Morgan fingerprint density at radius 1 is 1.44 bits per heavy atom. The van der Waals surface area contributed by atoms with E-state index in [1.165, 1.54) is 18.2 Å². The van der Waals surface area contributed by atoms with Crippen molar-refractivity contribution in [2.45, 2.75) is 12.8 Å². The number of benzene rings is 1. The third kappa shape index (κ3) is 2.41. The number of hydrogen-bond acceptors (Lipinski definition) is 3. The quantitative estimate of drug-likeness (QED) is 0.859. The minimum atomic E-state index is -0.671. The zero-order chi connectivity index (χ0) is 13.2. The lowest BCUT2D eigenvalue weighted by Gasteiger charge is -2.34. The number of nitrogens with two attached hydrogens (primary N) is 1. The first-order valence-electron chi connectivity index (χ1n) is 5.87. The van der Waals surface area contributed by atoms with E-state index in [1.54, 1.807) is 0 Å². The second-order valence-corrected chi connectivity index (χ2v) is 4.96. The average molecular weight is 272 g/mol. The molecule has 0 amide bonds. The molecular weight excluding hydrogens is 257 g/mol. The fourth-order valence-corrected chi connectivity index (χ4v) is 2.45. The van der Waals surface area contributed by atoms with Crippen molar-refractivity contribution in [1.29, 1.82) is 0 Å². The van der Waals surface area contributed by atoms with Crippen LogP contribution in [0, 0.1) is 11.2 Å². The van der Waals surface area contributed by atoms with Crippen LogP contribution in [-0.4, -0.2) is 25.5 Å². The smallest absolute Gasteiger partial charge is 0.172 e. The van der Waals surface area contributed by atoms with Gasteiger partial charge < -0.3 is 10.5 Å². The van der Waals surface area contributed by atoms with E-state index in [9.17, 15) is 9.18 Å². The lowest BCUT2D eigenvalue weighted by atomic mass is 9.74. The summed E-state index contributed by atoms with van der Waals surface area (Å²) >= 11 is 5.97. The second kappa shape index (κ2) is 5.34. The van der Waals surface area contributed by atoms with Crippen LogP contribution in [0.2, 0.25) is 5.02 Å². The van der Waals surface area contributed by atoms with Gasteiger partial charge in [-0.25, -0.2) is 4.39 Å². The molecule has 0 radical (unpaired) electrons. The van der Waals surface area contributed by atoms with Crippen LogP contribution in [-0.2, 0) is 4.74 Å². The molecule has 0 spiro atoms. The third-order valence-electron chi connectivity index (χ3n) is 3.50. The van der Waals surface area contributed by atoms with Gasteiger partial charge >= 0.3 is 0 Å². The van der Waals surface area contributed by atoms with Gasteiger partial charge in [-0.15, -0.1) is 0 Å². The van der Waals surface area contributed by atoms with Crippen molar-refractivity contribution in [2.24, 2.45) is 11.1 Å². The summed E-state index contributed by atoms with van der Waals surface area (Å²) in [5.74, 6) is -0.653. The van der Waals surface area contributed by atoms with Crippen molar-refractivity contribution in [3.05, 3.63) is 34.6 Å². The van der Waals surface area contributed by atoms with Crippen molar-refractivity contribution < 1.29 is 13.9 Å². The number of ketones is 1. The van der Waals surface area contributed by atoms with E-state index in [0.29, 0.717) is 26.1 Å². The Kier molecular flexibility index (Phi) is 4.00. The molecule has 1 aliphatic heterocycles. The maximum Gasteiger partial charge on any atom is 0.172 e. The topological polar surface area (TPSA) is 52.3 Å². The van der Waals surface area contributed by atoms with Gasteiger partial charge in [-0.2, -0.15) is 0 Å². The summed E-state index contributed by atoms with van der Waals surface area (Å²) in [6.45, 7) is 1.22. The van der Waals surface area contributed by atoms with Crippen LogP contribution in [0.25, 0.3) is 0 Å². The highest BCUT2D eigenvalue weighted by atomic mass is 35.5. The van der Waals surface area contributed by atoms with E-state index in [1.807, 2.05) is 0 Å². The Hall–Kier alpha value is -0.970. The molecule has 5 heteroatoms. The van der Waals surface area contributed by atoms with Crippen LogP contribution in [0.5, 0.6) is 0 Å². The van der Waals surface area contributed by atoms with Crippen molar-refractivity contribution in [3.8, 4) is 0 Å².